The number of amides is 2. The molecule has 11 heteroatoms. The number of hydrogen-bond acceptors (Lipinski definition) is 2. The molecule has 2 N–H and O–H groups in total. The predicted octanol–water partition coefficient (Wildman–Crippen LogP) is 5.89. The van der Waals surface area contributed by atoms with Gasteiger partial charge in [0, 0.05) is 15.3 Å². The van der Waals surface area contributed by atoms with E-state index in [9.17, 15) is 35.9 Å². The molecular formula is C20H17F6IN2O2. The minimum Gasteiger partial charge on any atom is -0.350 e. The summed E-state index contributed by atoms with van der Waals surface area (Å²) in [6.45, 7) is 3.48. The van der Waals surface area contributed by atoms with Gasteiger partial charge in [0.2, 0.25) is 0 Å². The van der Waals surface area contributed by atoms with Gasteiger partial charge in [-0.25, -0.2) is 0 Å². The van der Waals surface area contributed by atoms with Crippen LogP contribution in [0.1, 0.15) is 46.0 Å². The Morgan fingerprint density at radius 2 is 1.42 bits per heavy atom. The number of hydrogen-bond donors (Lipinski definition) is 2. The van der Waals surface area contributed by atoms with Crippen molar-refractivity contribution in [2.45, 2.75) is 38.2 Å². The fraction of sp³-hybridized carbons (Fsp3) is 0.300. The lowest BCUT2D eigenvalue weighted by molar-refractivity contribution is -0.253. The van der Waals surface area contributed by atoms with Gasteiger partial charge in [0.05, 0.1) is 11.1 Å². The second kappa shape index (κ2) is 9.45. The van der Waals surface area contributed by atoms with Crippen molar-refractivity contribution in [2.75, 3.05) is 5.32 Å². The molecule has 0 unspecified atom stereocenters. The van der Waals surface area contributed by atoms with Crippen molar-refractivity contribution in [1.29, 1.82) is 0 Å². The highest BCUT2D eigenvalue weighted by Gasteiger charge is 2.57. The molecule has 0 aliphatic carbocycles. The van der Waals surface area contributed by atoms with Crippen LogP contribution in [0.2, 0.25) is 0 Å². The van der Waals surface area contributed by atoms with Crippen LogP contribution >= 0.6 is 22.6 Å². The predicted molar refractivity (Wildman–Crippen MR) is 111 cm³/mol. The van der Waals surface area contributed by atoms with E-state index >= 15 is 0 Å². The first kappa shape index (κ1) is 25.0. The zero-order valence-corrected chi connectivity index (χ0v) is 18.3. The van der Waals surface area contributed by atoms with E-state index in [1.54, 1.807) is 26.0 Å². The van der Waals surface area contributed by atoms with Crippen LogP contribution in [-0.4, -0.2) is 30.2 Å². The summed E-state index contributed by atoms with van der Waals surface area (Å²) < 4.78 is 77.6. The van der Waals surface area contributed by atoms with Crippen molar-refractivity contribution >= 4 is 40.1 Å². The van der Waals surface area contributed by atoms with E-state index in [4.69, 9.17) is 0 Å². The molecule has 31 heavy (non-hydrogen) atoms. The maximum atomic E-state index is 12.9. The molecule has 0 bridgehead atoms. The molecule has 168 valence electrons. The maximum Gasteiger partial charge on any atom is 0.404 e. The van der Waals surface area contributed by atoms with E-state index in [2.05, 4.69) is 10.6 Å². The van der Waals surface area contributed by atoms with E-state index in [0.717, 1.165) is 12.1 Å². The van der Waals surface area contributed by atoms with Gasteiger partial charge in [-0.15, -0.1) is 0 Å². The molecule has 0 heterocycles. The summed E-state index contributed by atoms with van der Waals surface area (Å²) in [7, 11) is 0. The third-order valence-electron chi connectivity index (χ3n) is 4.06. The second-order valence-electron chi connectivity index (χ2n) is 6.88. The van der Waals surface area contributed by atoms with Crippen LogP contribution in [0.25, 0.3) is 0 Å². The third-order valence-corrected chi connectivity index (χ3v) is 4.96. The number of halogens is 7. The van der Waals surface area contributed by atoms with Crippen LogP contribution < -0.4 is 10.6 Å². The molecule has 0 saturated heterocycles. The average molecular weight is 558 g/mol. The zero-order valence-electron chi connectivity index (χ0n) is 16.2. The van der Waals surface area contributed by atoms with Crippen molar-refractivity contribution in [1.82, 2.24) is 5.32 Å². The topological polar surface area (TPSA) is 58.2 Å². The Morgan fingerprint density at radius 1 is 0.871 bits per heavy atom. The largest absolute Gasteiger partial charge is 0.404 e. The molecule has 0 aliphatic rings. The van der Waals surface area contributed by atoms with Gasteiger partial charge in [-0.2, -0.15) is 26.3 Å². The molecule has 0 spiro atoms. The summed E-state index contributed by atoms with van der Waals surface area (Å²) >= 11 is 1.88. The van der Waals surface area contributed by atoms with Gasteiger partial charge < -0.3 is 10.6 Å². The Labute approximate surface area is 187 Å². The standard InChI is InChI=1S/C20H17F6IN2O2/c1-10(2)28-18(31)15-13(4-3-5-14(15)27)17(30)29-12-8-6-11(7-9-12)16(19(21,22)23)20(24,25)26/h3-10,16H,1-2H3,(H,28,31)(H,29,30). The SMILES string of the molecule is CC(C)NC(=O)c1c(I)cccc1C(=O)Nc1ccc(C(C(F)(F)F)C(F)(F)F)cc1. The van der Waals surface area contributed by atoms with Crippen molar-refractivity contribution in [3.8, 4) is 0 Å². The lowest BCUT2D eigenvalue weighted by Gasteiger charge is -2.23. The van der Waals surface area contributed by atoms with Crippen LogP contribution in [-0.2, 0) is 0 Å². The summed E-state index contributed by atoms with van der Waals surface area (Å²) in [6, 6.07) is 7.56. The summed E-state index contributed by atoms with van der Waals surface area (Å²) in [5.74, 6) is -4.85. The van der Waals surface area contributed by atoms with E-state index in [-0.39, 0.29) is 22.9 Å². The average Bonchev–Trinajstić information content (AvgIpc) is 2.60. The maximum absolute atomic E-state index is 12.9. The van der Waals surface area contributed by atoms with Gasteiger partial charge in [-0.05, 0) is 66.3 Å². The normalized spacial score (nSPS) is 12.2. The first-order chi connectivity index (χ1) is 14.2. The quantitative estimate of drug-likeness (QED) is 0.356. The minimum atomic E-state index is -5.51. The lowest BCUT2D eigenvalue weighted by atomic mass is 9.97. The van der Waals surface area contributed by atoms with Crippen LogP contribution in [0.3, 0.4) is 0 Å². The van der Waals surface area contributed by atoms with Gasteiger partial charge in [-0.1, -0.05) is 18.2 Å². The molecule has 0 saturated carbocycles. The highest BCUT2D eigenvalue weighted by Crippen LogP contribution is 2.46. The van der Waals surface area contributed by atoms with E-state index in [0.29, 0.717) is 15.7 Å². The smallest absolute Gasteiger partial charge is 0.350 e. The molecule has 0 radical (unpaired) electrons. The fourth-order valence-electron chi connectivity index (χ4n) is 2.80. The van der Waals surface area contributed by atoms with Gasteiger partial charge in [0.15, 0.2) is 5.92 Å². The summed E-state index contributed by atoms with van der Waals surface area (Å²) in [6.07, 6.45) is -11.0. The van der Waals surface area contributed by atoms with Crippen molar-refractivity contribution in [3.05, 3.63) is 62.7 Å². The first-order valence-corrected chi connectivity index (χ1v) is 9.93. The Kier molecular flexibility index (Phi) is 7.61. The molecule has 0 atom stereocenters. The number of alkyl halides is 6. The Bertz CT molecular complexity index is 942. The lowest BCUT2D eigenvalue weighted by Crippen LogP contribution is -2.34. The van der Waals surface area contributed by atoms with Crippen LogP contribution in [0.4, 0.5) is 32.0 Å². The monoisotopic (exact) mass is 558 g/mol. The molecule has 4 nitrogen and oxygen atoms in total. The van der Waals surface area contributed by atoms with Crippen molar-refractivity contribution in [3.63, 3.8) is 0 Å². The molecule has 0 aliphatic heterocycles. The van der Waals surface area contributed by atoms with E-state index < -0.39 is 35.6 Å². The van der Waals surface area contributed by atoms with Crippen LogP contribution in [0.15, 0.2) is 42.5 Å². The second-order valence-corrected chi connectivity index (χ2v) is 8.05. The summed E-state index contributed by atoms with van der Waals surface area (Å²) in [4.78, 5) is 25.1. The zero-order chi connectivity index (χ0) is 23.6. The van der Waals surface area contributed by atoms with Crippen LogP contribution in [0, 0.1) is 3.57 Å². The summed E-state index contributed by atoms with van der Waals surface area (Å²) in [5.41, 5.74) is -0.895. The molecule has 0 aromatic heterocycles. The first-order valence-electron chi connectivity index (χ1n) is 8.86. The number of nitrogens with one attached hydrogen (secondary N) is 2. The van der Waals surface area contributed by atoms with Crippen molar-refractivity contribution in [2.24, 2.45) is 0 Å². The van der Waals surface area contributed by atoms with E-state index in [1.165, 1.54) is 6.07 Å². The van der Waals surface area contributed by atoms with Gasteiger partial charge in [0.25, 0.3) is 11.8 Å². The number of carbonyl (C=O) groups is 2. The van der Waals surface area contributed by atoms with Gasteiger partial charge in [0.1, 0.15) is 0 Å². The molecule has 2 rings (SSSR count). The van der Waals surface area contributed by atoms with Crippen molar-refractivity contribution < 1.29 is 35.9 Å². The Hall–Kier alpha value is -2.31. The third kappa shape index (κ3) is 6.34. The molecule has 2 aromatic carbocycles. The highest BCUT2D eigenvalue weighted by molar-refractivity contribution is 14.1. The van der Waals surface area contributed by atoms with Gasteiger partial charge in [-0.3, -0.25) is 9.59 Å². The number of rotatable bonds is 5. The molecule has 0 fully saturated rings. The summed E-state index contributed by atoms with van der Waals surface area (Å²) in [5, 5.41) is 5.06. The van der Waals surface area contributed by atoms with Gasteiger partial charge >= 0.3 is 12.4 Å². The van der Waals surface area contributed by atoms with E-state index in [1.807, 2.05) is 22.6 Å². The highest BCUT2D eigenvalue weighted by atomic mass is 127. The molecule has 2 aromatic rings. The minimum absolute atomic E-state index is 0.0117. The fourth-order valence-corrected chi connectivity index (χ4v) is 3.54. The number of benzene rings is 2. The Morgan fingerprint density at radius 3 is 1.90 bits per heavy atom. The molecule has 2 amide bonds. The Balaban J connectivity index is 2.30. The van der Waals surface area contributed by atoms with Crippen LogP contribution in [0.5, 0.6) is 0 Å². The number of carbonyl (C=O) groups excluding carboxylic acids is 2. The molecular weight excluding hydrogens is 541 g/mol. The number of anilines is 1.